The molecule has 2 heterocycles. The Hall–Kier alpha value is -4.05. The highest BCUT2D eigenvalue weighted by molar-refractivity contribution is 7.90. The van der Waals surface area contributed by atoms with Crippen molar-refractivity contribution in [1.29, 1.82) is 5.41 Å². The number of benzene rings is 3. The lowest BCUT2D eigenvalue weighted by Gasteiger charge is -2.33. The predicted octanol–water partition coefficient (Wildman–Crippen LogP) is 3.90. The number of nitrogens with two attached hydrogens (primary N) is 1. The number of amides is 1. The van der Waals surface area contributed by atoms with Gasteiger partial charge in [0.25, 0.3) is 5.91 Å². The second-order valence-corrected chi connectivity index (χ2v) is 10.8. The molecule has 1 aromatic heterocycles. The van der Waals surface area contributed by atoms with Gasteiger partial charge in [0, 0.05) is 29.3 Å². The van der Waals surface area contributed by atoms with E-state index in [9.17, 15) is 13.2 Å². The number of anilines is 1. The molecule has 184 valence electrons. The van der Waals surface area contributed by atoms with Crippen LogP contribution in [-0.4, -0.2) is 42.7 Å². The van der Waals surface area contributed by atoms with E-state index in [2.05, 4.69) is 5.10 Å². The first-order chi connectivity index (χ1) is 17.1. The van der Waals surface area contributed by atoms with Crippen molar-refractivity contribution in [2.45, 2.75) is 23.8 Å². The van der Waals surface area contributed by atoms with E-state index in [-0.39, 0.29) is 22.3 Å². The maximum absolute atomic E-state index is 15.4. The van der Waals surface area contributed by atoms with Crippen molar-refractivity contribution in [3.05, 3.63) is 78.2 Å². The fourth-order valence-corrected chi connectivity index (χ4v) is 5.61. The Labute approximate surface area is 207 Å². The van der Waals surface area contributed by atoms with E-state index >= 15 is 4.39 Å². The van der Waals surface area contributed by atoms with E-state index in [1.807, 2.05) is 0 Å². The Morgan fingerprint density at radius 1 is 1.14 bits per heavy atom. The van der Waals surface area contributed by atoms with Gasteiger partial charge in [-0.25, -0.2) is 12.8 Å². The third-order valence-corrected chi connectivity index (χ3v) is 7.61. The summed E-state index contributed by atoms with van der Waals surface area (Å²) in [6.07, 6.45) is 3.95. The monoisotopic (exact) mass is 505 g/mol. The highest BCUT2D eigenvalue weighted by atomic mass is 32.2. The summed E-state index contributed by atoms with van der Waals surface area (Å²) in [7, 11) is -3.51. The minimum absolute atomic E-state index is 0.0825. The number of halogens is 1. The normalized spacial score (nSPS) is 16.4. The number of carbonyl (C=O) groups excluding carboxylic acids is 1. The molecule has 10 heteroatoms. The molecule has 1 amide bonds. The van der Waals surface area contributed by atoms with E-state index in [4.69, 9.17) is 11.1 Å². The highest BCUT2D eigenvalue weighted by Crippen LogP contribution is 2.34. The summed E-state index contributed by atoms with van der Waals surface area (Å²) >= 11 is 0. The van der Waals surface area contributed by atoms with Gasteiger partial charge < -0.3 is 10.6 Å². The van der Waals surface area contributed by atoms with E-state index in [0.29, 0.717) is 41.6 Å². The number of aromatic nitrogens is 2. The van der Waals surface area contributed by atoms with E-state index in [1.165, 1.54) is 23.1 Å². The Balaban J connectivity index is 1.50. The van der Waals surface area contributed by atoms with Gasteiger partial charge in [0.15, 0.2) is 9.84 Å². The van der Waals surface area contributed by atoms with Crippen molar-refractivity contribution < 1.29 is 17.6 Å². The van der Waals surface area contributed by atoms with Crippen molar-refractivity contribution in [1.82, 2.24) is 9.78 Å². The minimum atomic E-state index is -3.51. The molecule has 0 aliphatic carbocycles. The molecule has 1 atom stereocenters. The van der Waals surface area contributed by atoms with Crippen molar-refractivity contribution >= 4 is 38.2 Å². The summed E-state index contributed by atoms with van der Waals surface area (Å²) in [6.45, 7) is 0.351. The smallest absolute Gasteiger partial charge is 0.251 e. The lowest BCUT2D eigenvalue weighted by molar-refractivity contribution is -0.123. The quantitative estimate of drug-likeness (QED) is 0.315. The standard InChI is InChI=1S/C26H24FN5O3S/c1-36(34,35)24-7-3-2-5-19(24)16-10-11-21(20(27)13-16)31-12-4-6-22(26(31)33)32-23-14-17(25(28)29)8-9-18(23)15-30-32/h2-3,5,7-11,13-15,22H,4,6,12H2,1H3,(H3,28,29). The van der Waals surface area contributed by atoms with Gasteiger partial charge in [0.1, 0.15) is 17.7 Å². The number of fused-ring (bicyclic) bond motifs is 1. The predicted molar refractivity (Wildman–Crippen MR) is 136 cm³/mol. The topological polar surface area (TPSA) is 122 Å². The van der Waals surface area contributed by atoms with Crippen LogP contribution in [0.2, 0.25) is 0 Å². The first kappa shape index (κ1) is 23.7. The first-order valence-corrected chi connectivity index (χ1v) is 13.3. The molecule has 8 nitrogen and oxygen atoms in total. The Bertz CT molecular complexity index is 1630. The lowest BCUT2D eigenvalue weighted by Crippen LogP contribution is -2.43. The third-order valence-electron chi connectivity index (χ3n) is 6.45. The molecule has 5 rings (SSSR count). The Morgan fingerprint density at radius 2 is 1.92 bits per heavy atom. The van der Waals surface area contributed by atoms with Gasteiger partial charge in [-0.1, -0.05) is 36.4 Å². The van der Waals surface area contributed by atoms with Crippen LogP contribution in [-0.2, 0) is 14.6 Å². The molecular weight excluding hydrogens is 481 g/mol. The minimum Gasteiger partial charge on any atom is -0.384 e. The van der Waals surface area contributed by atoms with Crippen molar-refractivity contribution in [2.24, 2.45) is 5.73 Å². The molecule has 0 radical (unpaired) electrons. The number of nitrogens with zero attached hydrogens (tertiary/aromatic N) is 3. The van der Waals surface area contributed by atoms with Crippen molar-refractivity contribution in [3.63, 3.8) is 0 Å². The second-order valence-electron chi connectivity index (χ2n) is 8.86. The SMILES string of the molecule is CS(=O)(=O)c1ccccc1-c1ccc(N2CCCC(n3ncc4ccc(C(=N)N)cc43)C2=O)c(F)c1. The second kappa shape index (κ2) is 8.87. The van der Waals surface area contributed by atoms with Gasteiger partial charge in [-0.2, -0.15) is 5.10 Å². The summed E-state index contributed by atoms with van der Waals surface area (Å²) in [6, 6.07) is 15.5. The number of amidine groups is 1. The Kier molecular flexibility index (Phi) is 5.83. The average molecular weight is 506 g/mol. The van der Waals surface area contributed by atoms with Gasteiger partial charge >= 0.3 is 0 Å². The maximum atomic E-state index is 15.4. The zero-order valence-electron chi connectivity index (χ0n) is 19.5. The molecule has 1 saturated heterocycles. The Morgan fingerprint density at radius 3 is 2.64 bits per heavy atom. The first-order valence-electron chi connectivity index (χ1n) is 11.4. The van der Waals surface area contributed by atoms with Crippen LogP contribution in [0.25, 0.3) is 22.0 Å². The van der Waals surface area contributed by atoms with Crippen LogP contribution in [0.1, 0.15) is 24.4 Å². The lowest BCUT2D eigenvalue weighted by atomic mass is 10.0. The summed E-state index contributed by atoms with van der Waals surface area (Å²) in [4.78, 5) is 15.1. The molecule has 1 aliphatic heterocycles. The molecule has 4 aromatic rings. The number of carbonyl (C=O) groups is 1. The van der Waals surface area contributed by atoms with Crippen LogP contribution in [0.4, 0.5) is 10.1 Å². The summed E-state index contributed by atoms with van der Waals surface area (Å²) < 4.78 is 41.4. The summed E-state index contributed by atoms with van der Waals surface area (Å²) in [5.74, 6) is -0.988. The number of hydrogen-bond donors (Lipinski definition) is 2. The van der Waals surface area contributed by atoms with Crippen LogP contribution in [0.15, 0.2) is 71.8 Å². The van der Waals surface area contributed by atoms with E-state index in [1.54, 1.807) is 53.3 Å². The van der Waals surface area contributed by atoms with Crippen LogP contribution in [0, 0.1) is 11.2 Å². The van der Waals surface area contributed by atoms with E-state index < -0.39 is 21.7 Å². The van der Waals surface area contributed by atoms with Crippen molar-refractivity contribution in [2.75, 3.05) is 17.7 Å². The highest BCUT2D eigenvalue weighted by Gasteiger charge is 2.33. The van der Waals surface area contributed by atoms with E-state index in [0.717, 1.165) is 11.6 Å². The molecule has 0 saturated carbocycles. The van der Waals surface area contributed by atoms with Gasteiger partial charge in [0.05, 0.1) is 22.3 Å². The summed E-state index contributed by atoms with van der Waals surface area (Å²) in [5, 5.41) is 12.9. The zero-order chi connectivity index (χ0) is 25.6. The summed E-state index contributed by atoms with van der Waals surface area (Å²) in [5.41, 5.74) is 7.78. The van der Waals surface area contributed by atoms with Gasteiger partial charge in [-0.3, -0.25) is 14.9 Å². The fourth-order valence-electron chi connectivity index (χ4n) is 4.70. The fraction of sp³-hybridized carbons (Fsp3) is 0.192. The van der Waals surface area contributed by atoms with Gasteiger partial charge in [-0.05, 0) is 42.7 Å². The number of nitrogen functional groups attached to an aromatic ring is 1. The van der Waals surface area contributed by atoms with Crippen LogP contribution in [0.5, 0.6) is 0 Å². The third kappa shape index (κ3) is 4.13. The van der Waals surface area contributed by atoms with Gasteiger partial charge in [0.2, 0.25) is 0 Å². The van der Waals surface area contributed by atoms with Crippen LogP contribution in [0.3, 0.4) is 0 Å². The molecule has 0 bridgehead atoms. The maximum Gasteiger partial charge on any atom is 0.251 e. The molecule has 0 spiro atoms. The largest absolute Gasteiger partial charge is 0.384 e. The number of sulfone groups is 1. The molecule has 36 heavy (non-hydrogen) atoms. The molecule has 3 N–H and O–H groups in total. The molecule has 3 aromatic carbocycles. The zero-order valence-corrected chi connectivity index (χ0v) is 20.3. The van der Waals surface area contributed by atoms with Gasteiger partial charge in [-0.15, -0.1) is 0 Å². The molecule has 1 unspecified atom stereocenters. The number of nitrogens with one attached hydrogen (secondary N) is 1. The number of rotatable bonds is 5. The molecule has 1 fully saturated rings. The molecule has 1 aliphatic rings. The van der Waals surface area contributed by atoms with Crippen LogP contribution < -0.4 is 10.6 Å². The number of piperidine rings is 1. The van der Waals surface area contributed by atoms with Crippen LogP contribution >= 0.6 is 0 Å². The molecular formula is C26H24FN5O3S. The number of hydrogen-bond acceptors (Lipinski definition) is 5. The average Bonchev–Trinajstić information content (AvgIpc) is 3.27. The van der Waals surface area contributed by atoms with Crippen molar-refractivity contribution in [3.8, 4) is 11.1 Å².